The Morgan fingerprint density at radius 1 is 1.14 bits per heavy atom. The molecule has 1 N–H and O–H groups in total. The summed E-state index contributed by atoms with van der Waals surface area (Å²) in [5.41, 5.74) is 3.26. The van der Waals surface area contributed by atoms with Crippen molar-refractivity contribution in [1.29, 1.82) is 0 Å². The highest BCUT2D eigenvalue weighted by Crippen LogP contribution is 2.42. The molecule has 2 aromatic carbocycles. The molecule has 1 aliphatic heterocycles. The Hall–Kier alpha value is -2.84. The molecule has 0 saturated carbocycles. The summed E-state index contributed by atoms with van der Waals surface area (Å²) in [5, 5.41) is 0.990. The fraction of sp³-hybridized carbons (Fsp3) is 0.370. The molecule has 0 unspecified atom stereocenters. The van der Waals surface area contributed by atoms with Gasteiger partial charge in [0.15, 0.2) is 0 Å². The summed E-state index contributed by atoms with van der Waals surface area (Å²) in [6, 6.07) is 11.6. The quantitative estimate of drug-likeness (QED) is 0.349. The number of alkyl halides is 1. The molecule has 0 aliphatic carbocycles. The van der Waals surface area contributed by atoms with Gasteiger partial charge in [0.25, 0.3) is 0 Å². The average molecular weight is 575 g/mol. The van der Waals surface area contributed by atoms with Crippen molar-refractivity contribution in [3.05, 3.63) is 69.3 Å². The Morgan fingerprint density at radius 3 is 2.39 bits per heavy atom. The third kappa shape index (κ3) is 5.02. The number of fused-ring (bicyclic) bond motifs is 3. The van der Waals surface area contributed by atoms with Crippen molar-refractivity contribution >= 4 is 56.2 Å². The molecule has 0 radical (unpaired) electrons. The van der Waals surface area contributed by atoms with E-state index in [1.807, 2.05) is 39.0 Å². The lowest BCUT2D eigenvalue weighted by molar-refractivity contribution is -0.145. The predicted molar refractivity (Wildman–Crippen MR) is 143 cm³/mol. The second-order valence-corrected chi connectivity index (χ2v) is 11.3. The molecule has 2 atom stereocenters. The monoisotopic (exact) mass is 573 g/mol. The normalized spacial score (nSPS) is 17.6. The van der Waals surface area contributed by atoms with Crippen LogP contribution in [0.3, 0.4) is 0 Å². The third-order valence-corrected chi connectivity index (χ3v) is 6.90. The number of hydrogen-bond donors (Lipinski definition) is 1. The van der Waals surface area contributed by atoms with E-state index in [2.05, 4.69) is 20.9 Å². The van der Waals surface area contributed by atoms with Crippen LogP contribution in [0, 0.1) is 0 Å². The summed E-state index contributed by atoms with van der Waals surface area (Å²) in [7, 11) is 3.36. The number of likely N-dealkylation sites (N-methyl/N-ethyl adjacent to an activating group) is 1. The topological polar surface area (TPSA) is 82.7 Å². The SMILES string of the molecule is CN(C)C(=O)[C@H]1Cc2c([nH]c3ccc(Br)cc23)[C@H](c2ccc(C(=O)OC(C)(C)C)cc2)N1C(=O)CCl. The van der Waals surface area contributed by atoms with E-state index in [0.717, 1.165) is 32.2 Å². The number of hydrogen-bond acceptors (Lipinski definition) is 4. The van der Waals surface area contributed by atoms with Gasteiger partial charge in [-0.1, -0.05) is 28.1 Å². The highest BCUT2D eigenvalue weighted by molar-refractivity contribution is 9.10. The molecule has 190 valence electrons. The number of halogens is 2. The van der Waals surface area contributed by atoms with Crippen LogP contribution in [0.15, 0.2) is 46.9 Å². The fourth-order valence-electron chi connectivity index (χ4n) is 4.66. The van der Waals surface area contributed by atoms with Crippen molar-refractivity contribution in [1.82, 2.24) is 14.8 Å². The number of H-pyrrole nitrogens is 1. The number of esters is 1. The number of aromatic nitrogens is 1. The van der Waals surface area contributed by atoms with Gasteiger partial charge in [-0.05, 0) is 62.2 Å². The molecule has 0 spiro atoms. The van der Waals surface area contributed by atoms with Gasteiger partial charge in [-0.2, -0.15) is 0 Å². The van der Waals surface area contributed by atoms with Crippen molar-refractivity contribution in [2.75, 3.05) is 20.0 Å². The lowest BCUT2D eigenvalue weighted by Crippen LogP contribution is -2.54. The zero-order chi connectivity index (χ0) is 26.4. The molecule has 9 heteroatoms. The average Bonchev–Trinajstić information content (AvgIpc) is 3.18. The minimum absolute atomic E-state index is 0.182. The van der Waals surface area contributed by atoms with Crippen LogP contribution in [0.4, 0.5) is 0 Å². The number of nitrogens with zero attached hydrogens (tertiary/aromatic N) is 2. The molecule has 1 aliphatic rings. The largest absolute Gasteiger partial charge is 0.456 e. The maximum atomic E-state index is 13.3. The summed E-state index contributed by atoms with van der Waals surface area (Å²) in [4.78, 5) is 45.7. The van der Waals surface area contributed by atoms with Crippen LogP contribution in [0.5, 0.6) is 0 Å². The lowest BCUT2D eigenvalue weighted by atomic mass is 9.87. The first-order valence-corrected chi connectivity index (χ1v) is 13.0. The maximum Gasteiger partial charge on any atom is 0.338 e. The zero-order valence-corrected chi connectivity index (χ0v) is 23.2. The summed E-state index contributed by atoms with van der Waals surface area (Å²) in [6.45, 7) is 5.44. The Labute approximate surface area is 223 Å². The fourth-order valence-corrected chi connectivity index (χ4v) is 5.16. The second kappa shape index (κ2) is 9.90. The van der Waals surface area contributed by atoms with Crippen molar-refractivity contribution < 1.29 is 19.1 Å². The Balaban J connectivity index is 1.88. The summed E-state index contributed by atoms with van der Waals surface area (Å²) in [5.74, 6) is -1.21. The Morgan fingerprint density at radius 2 is 1.81 bits per heavy atom. The highest BCUT2D eigenvalue weighted by atomic mass is 79.9. The van der Waals surface area contributed by atoms with E-state index >= 15 is 0 Å². The van der Waals surface area contributed by atoms with Crippen molar-refractivity contribution in [2.45, 2.75) is 44.9 Å². The molecular formula is C27H29BrClN3O4. The van der Waals surface area contributed by atoms with Gasteiger partial charge in [0.05, 0.1) is 11.6 Å². The van der Waals surface area contributed by atoms with E-state index in [4.69, 9.17) is 16.3 Å². The standard InChI is InChI=1S/C27H29BrClN3O4/c1-27(2,3)36-26(35)16-8-6-15(7-9-16)24-23-19(18-12-17(28)10-11-20(18)30-23)13-21(25(34)31(4)5)32(24)22(33)14-29/h6-12,21,24,30H,13-14H2,1-5H3/t21-,24+/m1/s1. The number of benzene rings is 2. The van der Waals surface area contributed by atoms with Crippen molar-refractivity contribution in [3.63, 3.8) is 0 Å². The van der Waals surface area contributed by atoms with Crippen LogP contribution in [-0.2, 0) is 20.7 Å². The van der Waals surface area contributed by atoms with Crippen LogP contribution in [0.2, 0.25) is 0 Å². The van der Waals surface area contributed by atoms with Crippen LogP contribution < -0.4 is 0 Å². The van der Waals surface area contributed by atoms with E-state index in [9.17, 15) is 14.4 Å². The number of amides is 2. The molecule has 0 fully saturated rings. The van der Waals surface area contributed by atoms with Gasteiger partial charge in [-0.25, -0.2) is 4.79 Å². The van der Waals surface area contributed by atoms with E-state index in [1.54, 1.807) is 43.3 Å². The molecule has 4 rings (SSSR count). The van der Waals surface area contributed by atoms with E-state index in [1.165, 1.54) is 4.90 Å². The second-order valence-electron chi connectivity index (χ2n) is 10.1. The molecule has 36 heavy (non-hydrogen) atoms. The maximum absolute atomic E-state index is 13.3. The zero-order valence-electron chi connectivity index (χ0n) is 20.9. The molecule has 0 bridgehead atoms. The van der Waals surface area contributed by atoms with Crippen LogP contribution in [-0.4, -0.2) is 64.2 Å². The number of aromatic amines is 1. The van der Waals surface area contributed by atoms with Gasteiger partial charge in [0.2, 0.25) is 11.8 Å². The van der Waals surface area contributed by atoms with Gasteiger partial charge in [-0.3, -0.25) is 9.59 Å². The predicted octanol–water partition coefficient (Wildman–Crippen LogP) is 5.06. The minimum Gasteiger partial charge on any atom is -0.456 e. The Kier molecular flexibility index (Phi) is 7.21. The number of carbonyl (C=O) groups is 3. The molecule has 1 aromatic heterocycles. The number of nitrogens with one attached hydrogen (secondary N) is 1. The summed E-state index contributed by atoms with van der Waals surface area (Å²) >= 11 is 9.59. The van der Waals surface area contributed by atoms with Crippen LogP contribution in [0.25, 0.3) is 10.9 Å². The number of ether oxygens (including phenoxy) is 1. The first-order valence-electron chi connectivity index (χ1n) is 11.6. The summed E-state index contributed by atoms with van der Waals surface area (Å²) < 4.78 is 6.41. The molecular weight excluding hydrogens is 546 g/mol. The van der Waals surface area contributed by atoms with Gasteiger partial charge >= 0.3 is 5.97 Å². The van der Waals surface area contributed by atoms with Gasteiger partial charge < -0.3 is 19.5 Å². The molecule has 2 heterocycles. The van der Waals surface area contributed by atoms with Crippen molar-refractivity contribution in [3.8, 4) is 0 Å². The van der Waals surface area contributed by atoms with Crippen molar-refractivity contribution in [2.24, 2.45) is 0 Å². The highest BCUT2D eigenvalue weighted by Gasteiger charge is 2.43. The number of rotatable bonds is 4. The summed E-state index contributed by atoms with van der Waals surface area (Å²) in [6.07, 6.45) is 0.359. The molecule has 7 nitrogen and oxygen atoms in total. The van der Waals surface area contributed by atoms with E-state index in [0.29, 0.717) is 12.0 Å². The Bertz CT molecular complexity index is 1330. The smallest absolute Gasteiger partial charge is 0.338 e. The first kappa shape index (κ1) is 26.2. The lowest BCUT2D eigenvalue weighted by Gasteiger charge is -2.42. The molecule has 3 aromatic rings. The van der Waals surface area contributed by atoms with E-state index in [-0.39, 0.29) is 17.7 Å². The van der Waals surface area contributed by atoms with E-state index < -0.39 is 23.7 Å². The number of carbonyl (C=O) groups excluding carboxylic acids is 3. The van der Waals surface area contributed by atoms with Gasteiger partial charge in [-0.15, -0.1) is 11.6 Å². The van der Waals surface area contributed by atoms with Crippen LogP contribution in [0.1, 0.15) is 54.0 Å². The van der Waals surface area contributed by atoms with Gasteiger partial charge in [0, 0.05) is 41.6 Å². The molecule has 2 amide bonds. The molecule has 0 saturated heterocycles. The minimum atomic E-state index is -0.729. The van der Waals surface area contributed by atoms with Crippen LogP contribution >= 0.6 is 27.5 Å². The third-order valence-electron chi connectivity index (χ3n) is 6.18. The first-order chi connectivity index (χ1) is 16.9. The van der Waals surface area contributed by atoms with Gasteiger partial charge in [0.1, 0.15) is 17.5 Å².